The summed E-state index contributed by atoms with van der Waals surface area (Å²) in [6, 6.07) is -4.46. The van der Waals surface area contributed by atoms with E-state index in [4.69, 9.17) is 11.5 Å². The molecule has 0 rings (SSSR count). The van der Waals surface area contributed by atoms with Crippen molar-refractivity contribution in [3.05, 3.63) is 0 Å². The number of aliphatic carboxylic acids is 1. The molecular weight excluding hydrogens is 370 g/mol. The quantitative estimate of drug-likeness (QED) is 0.232. The first-order valence-corrected chi connectivity index (χ1v) is 8.95. The van der Waals surface area contributed by atoms with Crippen LogP contribution in [-0.2, 0) is 24.0 Å². The molecule has 0 heterocycles. The molecule has 0 aliphatic heterocycles. The molecule has 0 spiro atoms. The van der Waals surface area contributed by atoms with E-state index < -0.39 is 66.1 Å². The van der Waals surface area contributed by atoms with E-state index in [1.54, 1.807) is 27.7 Å². The molecule has 11 nitrogen and oxygen atoms in total. The molecule has 0 aromatic rings. The zero-order valence-corrected chi connectivity index (χ0v) is 16.8. The minimum Gasteiger partial charge on any atom is -0.480 e. The number of hydrogen-bond donors (Lipinski definition) is 6. The van der Waals surface area contributed by atoms with Crippen molar-refractivity contribution in [3.8, 4) is 0 Å². The SMILES string of the molecule is CC(N)C(=O)NC(CC(N)=O)C(=O)NC(C(=O)NC(C(=O)O)C(C)C)C(C)C. The van der Waals surface area contributed by atoms with E-state index in [2.05, 4.69) is 16.0 Å². The van der Waals surface area contributed by atoms with Crippen LogP contribution in [-0.4, -0.2) is 58.9 Å². The van der Waals surface area contributed by atoms with Crippen molar-refractivity contribution in [2.45, 2.75) is 65.2 Å². The van der Waals surface area contributed by atoms with Crippen LogP contribution in [0.25, 0.3) is 0 Å². The van der Waals surface area contributed by atoms with Crippen LogP contribution in [0.4, 0.5) is 0 Å². The fraction of sp³-hybridized carbons (Fsp3) is 0.706. The Labute approximate surface area is 164 Å². The molecule has 0 saturated carbocycles. The van der Waals surface area contributed by atoms with Gasteiger partial charge in [-0.15, -0.1) is 0 Å². The molecule has 0 aromatic heterocycles. The van der Waals surface area contributed by atoms with Gasteiger partial charge in [0.1, 0.15) is 18.1 Å². The lowest BCUT2D eigenvalue weighted by Crippen LogP contribution is -2.59. The summed E-state index contributed by atoms with van der Waals surface area (Å²) in [5.41, 5.74) is 10.6. The predicted octanol–water partition coefficient (Wildman–Crippen LogP) is -1.94. The van der Waals surface area contributed by atoms with Crippen LogP contribution in [0.15, 0.2) is 0 Å². The minimum atomic E-state index is -1.31. The van der Waals surface area contributed by atoms with E-state index in [0.717, 1.165) is 0 Å². The van der Waals surface area contributed by atoms with Gasteiger partial charge in [-0.1, -0.05) is 27.7 Å². The van der Waals surface area contributed by atoms with Gasteiger partial charge in [0.05, 0.1) is 12.5 Å². The fourth-order valence-electron chi connectivity index (χ4n) is 2.26. The first-order valence-electron chi connectivity index (χ1n) is 8.95. The van der Waals surface area contributed by atoms with Crippen molar-refractivity contribution in [1.82, 2.24) is 16.0 Å². The Kier molecular flexibility index (Phi) is 10.1. The van der Waals surface area contributed by atoms with Crippen molar-refractivity contribution < 1.29 is 29.1 Å². The molecule has 0 aliphatic carbocycles. The van der Waals surface area contributed by atoms with E-state index in [9.17, 15) is 29.1 Å². The van der Waals surface area contributed by atoms with Crippen LogP contribution in [0.3, 0.4) is 0 Å². The summed E-state index contributed by atoms with van der Waals surface area (Å²) in [5, 5.41) is 16.4. The second-order valence-corrected chi connectivity index (χ2v) is 7.32. The Hall–Kier alpha value is -2.69. The maximum Gasteiger partial charge on any atom is 0.326 e. The minimum absolute atomic E-state index is 0.377. The number of amides is 4. The highest BCUT2D eigenvalue weighted by molar-refractivity contribution is 5.96. The van der Waals surface area contributed by atoms with E-state index in [1.807, 2.05) is 0 Å². The van der Waals surface area contributed by atoms with Crippen LogP contribution in [0.1, 0.15) is 41.0 Å². The van der Waals surface area contributed by atoms with Crippen LogP contribution in [0, 0.1) is 11.8 Å². The molecular formula is C17H31N5O6. The topological polar surface area (TPSA) is 194 Å². The number of carboxylic acid groups (broad SMARTS) is 1. The van der Waals surface area contributed by atoms with Crippen LogP contribution in [0.2, 0.25) is 0 Å². The zero-order valence-electron chi connectivity index (χ0n) is 16.8. The zero-order chi connectivity index (χ0) is 22.2. The standard InChI is InChI=1S/C17H31N5O6/c1-7(2)12(16(26)22-13(8(3)4)17(27)28)21-15(25)10(6-11(19)23)20-14(24)9(5)18/h7-10,12-13H,6,18H2,1-5H3,(H2,19,23)(H,20,24)(H,21,25)(H,22,26)(H,27,28). The van der Waals surface area contributed by atoms with Crippen molar-refractivity contribution in [3.63, 3.8) is 0 Å². The van der Waals surface area contributed by atoms with Crippen LogP contribution < -0.4 is 27.4 Å². The highest BCUT2D eigenvalue weighted by atomic mass is 16.4. The molecule has 0 aliphatic rings. The van der Waals surface area contributed by atoms with Gasteiger partial charge in [0.15, 0.2) is 0 Å². The number of hydrogen-bond acceptors (Lipinski definition) is 6. The molecule has 28 heavy (non-hydrogen) atoms. The molecule has 4 unspecified atom stereocenters. The lowest BCUT2D eigenvalue weighted by molar-refractivity contribution is -0.144. The van der Waals surface area contributed by atoms with Gasteiger partial charge in [0.2, 0.25) is 23.6 Å². The maximum atomic E-state index is 12.5. The smallest absolute Gasteiger partial charge is 0.326 e. The third-order valence-electron chi connectivity index (χ3n) is 3.93. The normalized spacial score (nSPS) is 15.3. The molecule has 0 saturated heterocycles. The molecule has 8 N–H and O–H groups in total. The van der Waals surface area contributed by atoms with Gasteiger partial charge in [0, 0.05) is 0 Å². The Bertz CT molecular complexity index is 605. The van der Waals surface area contributed by atoms with E-state index in [-0.39, 0.29) is 5.92 Å². The predicted molar refractivity (Wildman–Crippen MR) is 101 cm³/mol. The molecule has 11 heteroatoms. The molecule has 0 bridgehead atoms. The van der Waals surface area contributed by atoms with Crippen molar-refractivity contribution in [1.29, 1.82) is 0 Å². The Morgan fingerprint density at radius 3 is 1.61 bits per heavy atom. The first kappa shape index (κ1) is 25.3. The summed E-state index contributed by atoms with van der Waals surface area (Å²) in [6.07, 6.45) is -0.486. The summed E-state index contributed by atoms with van der Waals surface area (Å²) in [7, 11) is 0. The fourth-order valence-corrected chi connectivity index (χ4v) is 2.26. The molecule has 160 valence electrons. The number of rotatable bonds is 11. The molecule has 0 radical (unpaired) electrons. The third-order valence-corrected chi connectivity index (χ3v) is 3.93. The second kappa shape index (κ2) is 11.2. The van der Waals surface area contributed by atoms with Crippen LogP contribution >= 0.6 is 0 Å². The molecule has 4 amide bonds. The number of primary amides is 1. The van der Waals surface area contributed by atoms with Gasteiger partial charge >= 0.3 is 5.97 Å². The maximum absolute atomic E-state index is 12.5. The molecule has 4 atom stereocenters. The highest BCUT2D eigenvalue weighted by Gasteiger charge is 2.32. The van der Waals surface area contributed by atoms with Gasteiger partial charge in [-0.25, -0.2) is 4.79 Å². The number of nitrogens with one attached hydrogen (secondary N) is 3. The third kappa shape index (κ3) is 8.33. The van der Waals surface area contributed by atoms with Gasteiger partial charge in [-0.05, 0) is 18.8 Å². The van der Waals surface area contributed by atoms with E-state index in [0.29, 0.717) is 0 Å². The number of carbonyl (C=O) groups is 5. The summed E-state index contributed by atoms with van der Waals surface area (Å²) >= 11 is 0. The summed E-state index contributed by atoms with van der Waals surface area (Å²) in [4.78, 5) is 59.4. The molecule has 0 aromatic carbocycles. The average Bonchev–Trinajstić information content (AvgIpc) is 2.54. The lowest BCUT2D eigenvalue weighted by Gasteiger charge is -2.27. The first-order chi connectivity index (χ1) is 12.8. The van der Waals surface area contributed by atoms with Crippen molar-refractivity contribution in [2.24, 2.45) is 23.3 Å². The Balaban J connectivity index is 5.37. The van der Waals surface area contributed by atoms with Gasteiger partial charge in [-0.3, -0.25) is 19.2 Å². The average molecular weight is 401 g/mol. The largest absolute Gasteiger partial charge is 0.480 e. The second-order valence-electron chi connectivity index (χ2n) is 7.32. The van der Waals surface area contributed by atoms with Crippen molar-refractivity contribution in [2.75, 3.05) is 0 Å². The Morgan fingerprint density at radius 2 is 1.25 bits per heavy atom. The monoisotopic (exact) mass is 401 g/mol. The highest BCUT2D eigenvalue weighted by Crippen LogP contribution is 2.07. The van der Waals surface area contributed by atoms with Gasteiger partial charge in [0.25, 0.3) is 0 Å². The van der Waals surface area contributed by atoms with Gasteiger partial charge < -0.3 is 32.5 Å². The summed E-state index contributed by atoms with van der Waals surface area (Å²) < 4.78 is 0. The molecule has 0 fully saturated rings. The lowest BCUT2D eigenvalue weighted by atomic mass is 9.99. The summed E-state index contributed by atoms with van der Waals surface area (Å²) in [6.45, 7) is 7.97. The number of carbonyl (C=O) groups excluding carboxylic acids is 4. The number of carboxylic acids is 1. The van der Waals surface area contributed by atoms with Crippen LogP contribution in [0.5, 0.6) is 0 Å². The van der Waals surface area contributed by atoms with E-state index >= 15 is 0 Å². The van der Waals surface area contributed by atoms with Gasteiger partial charge in [-0.2, -0.15) is 0 Å². The van der Waals surface area contributed by atoms with Crippen molar-refractivity contribution >= 4 is 29.6 Å². The summed E-state index contributed by atoms with van der Waals surface area (Å²) in [5.74, 6) is -4.98. The Morgan fingerprint density at radius 1 is 0.786 bits per heavy atom. The van der Waals surface area contributed by atoms with E-state index in [1.165, 1.54) is 6.92 Å². The number of nitrogens with two attached hydrogens (primary N) is 2.